The first-order valence-corrected chi connectivity index (χ1v) is 11.8. The van der Waals surface area contributed by atoms with Crippen LogP contribution in [0, 0.1) is 0 Å². The molecular weight excluding hydrogens is 541 g/mol. The molecule has 1 atom stereocenters. The molecule has 1 heterocycles. The lowest BCUT2D eigenvalue weighted by Gasteiger charge is -2.31. The van der Waals surface area contributed by atoms with Crippen molar-refractivity contribution in [2.24, 2.45) is 0 Å². The zero-order chi connectivity index (χ0) is 27.6. The predicted octanol–water partition coefficient (Wildman–Crippen LogP) is 5.46. The Labute approximate surface area is 207 Å². The van der Waals surface area contributed by atoms with Gasteiger partial charge in [-0.3, -0.25) is 4.79 Å². The van der Waals surface area contributed by atoms with E-state index in [4.69, 9.17) is 0 Å². The van der Waals surface area contributed by atoms with Gasteiger partial charge in [-0.25, -0.2) is 8.51 Å². The Balaban J connectivity index is 1.54. The lowest BCUT2D eigenvalue weighted by Crippen LogP contribution is -2.45. The standard InChI is InChI=1S/C22H20F9N3O2S/c23-20(24,25)13-2-1-3-18(11-13)37(36)34-6-4-16(5-7-34)32-12-19(35)33-17-9-14(21(26,27)28)8-15(10-17)22(29,30)31/h1-3,8-11,16,32H,4-7,12H2,(H,33,35). The van der Waals surface area contributed by atoms with Crippen molar-refractivity contribution >= 4 is 22.6 Å². The molecule has 0 spiro atoms. The van der Waals surface area contributed by atoms with Gasteiger partial charge in [-0.15, -0.1) is 0 Å². The van der Waals surface area contributed by atoms with Crippen molar-refractivity contribution in [2.45, 2.75) is 42.3 Å². The van der Waals surface area contributed by atoms with Crippen LogP contribution < -0.4 is 10.6 Å². The van der Waals surface area contributed by atoms with Crippen molar-refractivity contribution in [3.05, 3.63) is 59.2 Å². The van der Waals surface area contributed by atoms with Crippen molar-refractivity contribution in [3.8, 4) is 0 Å². The molecule has 2 aromatic carbocycles. The van der Waals surface area contributed by atoms with E-state index >= 15 is 0 Å². The third-order valence-electron chi connectivity index (χ3n) is 5.47. The number of nitrogens with one attached hydrogen (secondary N) is 2. The molecule has 3 rings (SSSR count). The minimum atomic E-state index is -5.05. The Morgan fingerprint density at radius 3 is 1.89 bits per heavy atom. The molecule has 1 unspecified atom stereocenters. The molecule has 204 valence electrons. The number of hydrogen-bond acceptors (Lipinski definition) is 3. The highest BCUT2D eigenvalue weighted by Gasteiger charge is 2.37. The summed E-state index contributed by atoms with van der Waals surface area (Å²) in [6, 6.07) is 4.60. The summed E-state index contributed by atoms with van der Waals surface area (Å²) >= 11 is 0. The van der Waals surface area contributed by atoms with E-state index < -0.39 is 64.3 Å². The van der Waals surface area contributed by atoms with E-state index in [2.05, 4.69) is 5.32 Å². The lowest BCUT2D eigenvalue weighted by atomic mass is 10.1. The van der Waals surface area contributed by atoms with Crippen LogP contribution in [0.5, 0.6) is 0 Å². The van der Waals surface area contributed by atoms with Gasteiger partial charge in [-0.05, 0) is 49.2 Å². The number of anilines is 1. The van der Waals surface area contributed by atoms with Gasteiger partial charge in [0, 0.05) is 24.8 Å². The van der Waals surface area contributed by atoms with E-state index in [-0.39, 0.29) is 30.1 Å². The average Bonchev–Trinajstić information content (AvgIpc) is 2.81. The van der Waals surface area contributed by atoms with Crippen LogP contribution in [-0.2, 0) is 34.3 Å². The van der Waals surface area contributed by atoms with Crippen molar-refractivity contribution < 1.29 is 48.5 Å². The summed E-state index contributed by atoms with van der Waals surface area (Å²) in [6.45, 7) is 0.00834. The second-order valence-corrected chi connectivity index (χ2v) is 9.69. The Morgan fingerprint density at radius 1 is 0.838 bits per heavy atom. The van der Waals surface area contributed by atoms with Crippen LogP contribution in [0.25, 0.3) is 0 Å². The molecule has 2 aromatic rings. The van der Waals surface area contributed by atoms with Gasteiger partial charge in [-0.1, -0.05) is 6.07 Å². The highest BCUT2D eigenvalue weighted by molar-refractivity contribution is 7.82. The number of halogens is 9. The van der Waals surface area contributed by atoms with Crippen LogP contribution in [0.15, 0.2) is 47.4 Å². The van der Waals surface area contributed by atoms with Crippen LogP contribution in [0.4, 0.5) is 45.2 Å². The quantitative estimate of drug-likeness (QED) is 0.461. The number of alkyl halides is 9. The summed E-state index contributed by atoms with van der Waals surface area (Å²) in [7, 11) is -1.85. The maximum Gasteiger partial charge on any atom is 0.416 e. The Hall–Kier alpha value is -2.65. The maximum absolute atomic E-state index is 13.0. The zero-order valence-corrected chi connectivity index (χ0v) is 19.5. The Kier molecular flexibility index (Phi) is 8.59. The highest BCUT2D eigenvalue weighted by Crippen LogP contribution is 2.37. The molecule has 1 aliphatic heterocycles. The number of carbonyl (C=O) groups excluding carboxylic acids is 1. The first-order chi connectivity index (χ1) is 17.0. The Bertz CT molecular complexity index is 1110. The summed E-state index contributed by atoms with van der Waals surface area (Å²) < 4.78 is 131. The van der Waals surface area contributed by atoms with E-state index in [0.717, 1.165) is 18.2 Å². The minimum Gasteiger partial charge on any atom is -0.325 e. The molecule has 5 nitrogen and oxygen atoms in total. The fourth-order valence-corrected chi connectivity index (χ4v) is 4.89. The monoisotopic (exact) mass is 561 g/mol. The van der Waals surface area contributed by atoms with Gasteiger partial charge in [0.25, 0.3) is 0 Å². The minimum absolute atomic E-state index is 0.0140. The van der Waals surface area contributed by atoms with Crippen LogP contribution >= 0.6 is 0 Å². The molecule has 0 aromatic heterocycles. The molecule has 15 heteroatoms. The molecule has 0 radical (unpaired) electrons. The van der Waals surface area contributed by atoms with Crippen molar-refractivity contribution in [3.63, 3.8) is 0 Å². The molecule has 1 aliphatic rings. The fourth-order valence-electron chi connectivity index (χ4n) is 3.63. The molecule has 0 bridgehead atoms. The lowest BCUT2D eigenvalue weighted by molar-refractivity contribution is -0.143. The number of hydrogen-bond donors (Lipinski definition) is 2. The second kappa shape index (κ2) is 11.0. The van der Waals surface area contributed by atoms with Gasteiger partial charge in [0.2, 0.25) is 5.91 Å². The van der Waals surface area contributed by atoms with Gasteiger partial charge in [0.1, 0.15) is 11.0 Å². The molecule has 1 saturated heterocycles. The second-order valence-electron chi connectivity index (χ2n) is 8.20. The number of amides is 1. The summed E-state index contributed by atoms with van der Waals surface area (Å²) in [4.78, 5) is 12.1. The number of benzene rings is 2. The number of nitrogens with zero attached hydrogens (tertiary/aromatic N) is 1. The summed E-state index contributed by atoms with van der Waals surface area (Å²) in [5.74, 6) is -0.873. The van der Waals surface area contributed by atoms with Crippen molar-refractivity contribution in [1.82, 2.24) is 9.62 Å². The number of carbonyl (C=O) groups is 1. The summed E-state index contributed by atoms with van der Waals surface area (Å²) in [5.41, 5.74) is -4.72. The van der Waals surface area contributed by atoms with Gasteiger partial charge in [-0.2, -0.15) is 39.5 Å². The first-order valence-electron chi connectivity index (χ1n) is 10.7. The van der Waals surface area contributed by atoms with Gasteiger partial charge >= 0.3 is 18.5 Å². The molecule has 0 saturated carbocycles. The van der Waals surface area contributed by atoms with Crippen LogP contribution in [0.2, 0.25) is 0 Å². The van der Waals surface area contributed by atoms with E-state index in [9.17, 15) is 48.5 Å². The van der Waals surface area contributed by atoms with Crippen LogP contribution in [0.3, 0.4) is 0 Å². The summed E-state index contributed by atoms with van der Waals surface area (Å²) in [5, 5.41) is 4.85. The van der Waals surface area contributed by atoms with Crippen molar-refractivity contribution in [1.29, 1.82) is 0 Å². The number of rotatable bonds is 6. The van der Waals surface area contributed by atoms with Gasteiger partial charge in [0.15, 0.2) is 0 Å². The number of piperidine rings is 1. The van der Waals surface area contributed by atoms with Gasteiger partial charge in [0.05, 0.1) is 28.1 Å². The third-order valence-corrected chi connectivity index (χ3v) is 6.97. The largest absolute Gasteiger partial charge is 0.416 e. The fraction of sp³-hybridized carbons (Fsp3) is 0.409. The average molecular weight is 561 g/mol. The molecule has 1 amide bonds. The third kappa shape index (κ3) is 7.92. The molecule has 2 N–H and O–H groups in total. The molecule has 0 aliphatic carbocycles. The highest BCUT2D eigenvalue weighted by atomic mass is 32.2. The molecule has 37 heavy (non-hydrogen) atoms. The first kappa shape index (κ1) is 28.9. The summed E-state index contributed by atoms with van der Waals surface area (Å²) in [6.07, 6.45) is -14.0. The van der Waals surface area contributed by atoms with Crippen molar-refractivity contribution in [2.75, 3.05) is 25.0 Å². The van der Waals surface area contributed by atoms with Crippen LogP contribution in [-0.4, -0.2) is 40.1 Å². The normalized spacial score (nSPS) is 17.0. The van der Waals surface area contributed by atoms with E-state index in [0.29, 0.717) is 25.0 Å². The Morgan fingerprint density at radius 2 is 1.38 bits per heavy atom. The van der Waals surface area contributed by atoms with Gasteiger partial charge < -0.3 is 10.6 Å². The SMILES string of the molecule is O=C(CNC1CCN(S(=O)c2cccc(C(F)(F)F)c2)CC1)Nc1cc(C(F)(F)F)cc(C(F)(F)F)c1. The van der Waals surface area contributed by atoms with Crippen LogP contribution in [0.1, 0.15) is 29.5 Å². The zero-order valence-electron chi connectivity index (χ0n) is 18.7. The topological polar surface area (TPSA) is 61.4 Å². The maximum atomic E-state index is 13.0. The van der Waals surface area contributed by atoms with E-state index in [1.807, 2.05) is 5.32 Å². The van der Waals surface area contributed by atoms with E-state index in [1.54, 1.807) is 0 Å². The molecular formula is C22H20F9N3O2S. The predicted molar refractivity (Wildman–Crippen MR) is 116 cm³/mol. The van der Waals surface area contributed by atoms with E-state index in [1.165, 1.54) is 10.4 Å². The molecule has 1 fully saturated rings. The smallest absolute Gasteiger partial charge is 0.325 e.